The maximum Gasteiger partial charge on any atom is 0.116 e. The highest BCUT2D eigenvalue weighted by atomic mass is 16.3. The van der Waals surface area contributed by atoms with Gasteiger partial charge in [0.1, 0.15) is 11.5 Å². The number of nitrogens with zero attached hydrogens (tertiary/aromatic N) is 1. The van der Waals surface area contributed by atoms with Crippen LogP contribution in [0.1, 0.15) is 30.0 Å². The summed E-state index contributed by atoms with van der Waals surface area (Å²) in [4.78, 5) is 0. The van der Waals surface area contributed by atoms with Gasteiger partial charge in [-0.25, -0.2) is 0 Å². The average Bonchev–Trinajstić information content (AvgIpc) is 2.90. The second-order valence-electron chi connectivity index (χ2n) is 6.09. The van der Waals surface area contributed by atoms with Crippen molar-refractivity contribution in [2.75, 3.05) is 5.32 Å². The molecule has 0 radical (unpaired) electrons. The first-order chi connectivity index (χ1) is 11.8. The average molecular weight is 335 g/mol. The van der Waals surface area contributed by atoms with Crippen LogP contribution in [-0.4, -0.2) is 10.8 Å². The summed E-state index contributed by atoms with van der Waals surface area (Å²) >= 11 is 0. The molecular formula is C21H25N3O. The Morgan fingerprint density at radius 3 is 2.56 bits per heavy atom. The lowest BCUT2D eigenvalue weighted by atomic mass is 10.0. The van der Waals surface area contributed by atoms with Gasteiger partial charge in [0.25, 0.3) is 0 Å². The molecule has 0 atom stereocenters. The molecule has 3 N–H and O–H groups in total. The van der Waals surface area contributed by atoms with Crippen LogP contribution in [0.25, 0.3) is 0 Å². The van der Waals surface area contributed by atoms with Crippen molar-refractivity contribution in [1.82, 2.24) is 5.43 Å². The van der Waals surface area contributed by atoms with Crippen molar-refractivity contribution in [3.05, 3.63) is 89.5 Å². The molecule has 0 unspecified atom stereocenters. The minimum absolute atomic E-state index is 0.0222. The molecule has 0 aliphatic carbocycles. The van der Waals surface area contributed by atoms with Gasteiger partial charge in [-0.1, -0.05) is 44.0 Å². The summed E-state index contributed by atoms with van der Waals surface area (Å²) in [5.74, 6) is 0.0222. The summed E-state index contributed by atoms with van der Waals surface area (Å²) in [6.45, 7) is 17.6. The molecule has 2 rings (SSSR count). The van der Waals surface area contributed by atoms with E-state index in [0.29, 0.717) is 6.42 Å². The van der Waals surface area contributed by atoms with E-state index in [9.17, 15) is 0 Å². The fraction of sp³-hybridized carbons (Fsp3) is 0.190. The number of benzene rings is 1. The van der Waals surface area contributed by atoms with Gasteiger partial charge in [0.15, 0.2) is 0 Å². The molecule has 1 heterocycles. The van der Waals surface area contributed by atoms with Gasteiger partial charge in [0, 0.05) is 17.7 Å². The molecule has 4 heteroatoms. The van der Waals surface area contributed by atoms with Crippen LogP contribution in [0.4, 0.5) is 5.69 Å². The van der Waals surface area contributed by atoms with Crippen LogP contribution in [0.3, 0.4) is 0 Å². The Kier molecular flexibility index (Phi) is 5.65. The smallest absolute Gasteiger partial charge is 0.116 e. The van der Waals surface area contributed by atoms with E-state index in [0.717, 1.165) is 45.1 Å². The molecule has 130 valence electrons. The van der Waals surface area contributed by atoms with Gasteiger partial charge in [0.05, 0.1) is 11.4 Å². The molecule has 0 fully saturated rings. The molecule has 1 aromatic rings. The van der Waals surface area contributed by atoms with Crippen molar-refractivity contribution >= 4 is 11.4 Å². The number of hydrogen-bond donors (Lipinski definition) is 3. The number of aliphatic hydroxyl groups is 1. The summed E-state index contributed by atoms with van der Waals surface area (Å²) in [5.41, 5.74) is 10.8. The third kappa shape index (κ3) is 4.29. The molecule has 1 aromatic carbocycles. The van der Waals surface area contributed by atoms with Crippen molar-refractivity contribution in [2.24, 2.45) is 5.10 Å². The van der Waals surface area contributed by atoms with Crippen LogP contribution >= 0.6 is 0 Å². The molecule has 1 aliphatic heterocycles. The van der Waals surface area contributed by atoms with Crippen molar-refractivity contribution in [3.63, 3.8) is 0 Å². The number of aliphatic hydroxyl groups excluding tert-OH is 1. The highest BCUT2D eigenvalue weighted by Crippen LogP contribution is 2.33. The summed E-state index contributed by atoms with van der Waals surface area (Å²) < 4.78 is 0. The Morgan fingerprint density at radius 2 is 1.92 bits per heavy atom. The number of allylic oxidation sites excluding steroid dienone is 5. The molecule has 0 bridgehead atoms. The van der Waals surface area contributed by atoms with Crippen LogP contribution in [0.5, 0.6) is 0 Å². The molecule has 0 saturated heterocycles. The number of rotatable bonds is 6. The van der Waals surface area contributed by atoms with Crippen LogP contribution in [0.2, 0.25) is 0 Å². The maximum absolute atomic E-state index is 9.16. The molecular weight excluding hydrogens is 310 g/mol. The first-order valence-corrected chi connectivity index (χ1v) is 8.13. The van der Waals surface area contributed by atoms with Gasteiger partial charge >= 0.3 is 0 Å². The second kappa shape index (κ2) is 7.71. The Balaban J connectivity index is 2.15. The summed E-state index contributed by atoms with van der Waals surface area (Å²) in [6.07, 6.45) is 5.91. The summed E-state index contributed by atoms with van der Waals surface area (Å²) in [7, 11) is 0. The predicted octanol–water partition coefficient (Wildman–Crippen LogP) is 5.01. The number of hydrogen-bond acceptors (Lipinski definition) is 4. The van der Waals surface area contributed by atoms with Gasteiger partial charge < -0.3 is 10.4 Å². The van der Waals surface area contributed by atoms with Crippen LogP contribution in [0, 0.1) is 13.8 Å². The zero-order chi connectivity index (χ0) is 18.6. The summed E-state index contributed by atoms with van der Waals surface area (Å²) in [6, 6.07) is 4.17. The Bertz CT molecular complexity index is 826. The molecule has 0 aromatic heterocycles. The topological polar surface area (TPSA) is 56.6 Å². The van der Waals surface area contributed by atoms with Gasteiger partial charge in [-0.3, -0.25) is 5.43 Å². The molecule has 0 amide bonds. The first-order valence-electron chi connectivity index (χ1n) is 8.13. The van der Waals surface area contributed by atoms with Crippen molar-refractivity contribution in [2.45, 2.75) is 27.2 Å². The van der Waals surface area contributed by atoms with E-state index in [1.54, 1.807) is 12.2 Å². The van der Waals surface area contributed by atoms with Crippen LogP contribution in [0.15, 0.2) is 77.9 Å². The zero-order valence-electron chi connectivity index (χ0n) is 15.1. The number of anilines is 1. The highest BCUT2D eigenvalue weighted by Gasteiger charge is 2.24. The first kappa shape index (κ1) is 18.3. The van der Waals surface area contributed by atoms with E-state index < -0.39 is 0 Å². The molecule has 4 nitrogen and oxygen atoms in total. The lowest BCUT2D eigenvalue weighted by Gasteiger charge is -2.09. The lowest BCUT2D eigenvalue weighted by molar-refractivity contribution is 0.435. The molecule has 0 spiro atoms. The van der Waals surface area contributed by atoms with Crippen LogP contribution in [-0.2, 0) is 0 Å². The van der Waals surface area contributed by atoms with E-state index >= 15 is 0 Å². The molecule has 25 heavy (non-hydrogen) atoms. The van der Waals surface area contributed by atoms with Crippen molar-refractivity contribution < 1.29 is 5.11 Å². The highest BCUT2D eigenvalue weighted by molar-refractivity contribution is 6.22. The quantitative estimate of drug-likeness (QED) is 0.389. The monoisotopic (exact) mass is 335 g/mol. The molecule has 1 aliphatic rings. The minimum atomic E-state index is 0.0222. The van der Waals surface area contributed by atoms with E-state index in [1.807, 2.05) is 13.0 Å². The van der Waals surface area contributed by atoms with Gasteiger partial charge in [-0.2, -0.15) is 5.10 Å². The SMILES string of the molecule is C=C(O)/C=C\C(=C/C)CC(=C)N/N=C1\C(=C)Nc2c(C)ccc(C)c21. The van der Waals surface area contributed by atoms with E-state index in [-0.39, 0.29) is 5.76 Å². The second-order valence-corrected chi connectivity index (χ2v) is 6.09. The third-order valence-corrected chi connectivity index (χ3v) is 4.02. The Hall–Kier alpha value is -3.01. The normalized spacial score (nSPS) is 15.4. The molecule has 0 saturated carbocycles. The fourth-order valence-corrected chi connectivity index (χ4v) is 2.64. The number of aryl methyl sites for hydroxylation is 2. The Labute approximate surface area is 149 Å². The van der Waals surface area contributed by atoms with E-state index in [4.69, 9.17) is 5.11 Å². The van der Waals surface area contributed by atoms with Gasteiger partial charge in [-0.15, -0.1) is 0 Å². The number of hydrazone groups is 1. The minimum Gasteiger partial charge on any atom is -0.509 e. The lowest BCUT2D eigenvalue weighted by Crippen LogP contribution is -2.11. The van der Waals surface area contributed by atoms with E-state index in [1.165, 1.54) is 0 Å². The summed E-state index contributed by atoms with van der Waals surface area (Å²) in [5, 5.41) is 17.0. The van der Waals surface area contributed by atoms with Crippen molar-refractivity contribution in [3.8, 4) is 0 Å². The Morgan fingerprint density at radius 1 is 1.24 bits per heavy atom. The van der Waals surface area contributed by atoms with Gasteiger partial charge in [0.2, 0.25) is 0 Å². The van der Waals surface area contributed by atoms with Crippen molar-refractivity contribution in [1.29, 1.82) is 0 Å². The zero-order valence-corrected chi connectivity index (χ0v) is 15.1. The third-order valence-electron chi connectivity index (χ3n) is 4.02. The predicted molar refractivity (Wildman–Crippen MR) is 107 cm³/mol. The van der Waals surface area contributed by atoms with Gasteiger partial charge in [-0.05, 0) is 43.5 Å². The largest absolute Gasteiger partial charge is 0.509 e. The van der Waals surface area contributed by atoms with Crippen LogP contribution < -0.4 is 10.7 Å². The maximum atomic E-state index is 9.16. The standard InChI is InChI=1S/C21H25N3O/c1-7-18(11-10-16(5)25)12-15(4)23-24-21-17(6)22-20-14(3)9-8-13(2)19(20)21/h7-11,22-23,25H,4-6,12H2,1-3H3/b11-10-,18-7+,24-21+. The fourth-order valence-electron chi connectivity index (χ4n) is 2.64. The number of fused-ring (bicyclic) bond motifs is 1. The van der Waals surface area contributed by atoms with E-state index in [2.05, 4.69) is 61.6 Å². The number of nitrogens with one attached hydrogen (secondary N) is 2.